The predicted octanol–water partition coefficient (Wildman–Crippen LogP) is 1.73. The Kier molecular flexibility index (Phi) is 3.22. The minimum Gasteiger partial charge on any atom is -0.375 e. The first-order valence-electron chi connectivity index (χ1n) is 3.83. The summed E-state index contributed by atoms with van der Waals surface area (Å²) in [6, 6.07) is 4.69. The van der Waals surface area contributed by atoms with Gasteiger partial charge < -0.3 is 4.18 Å². The van der Waals surface area contributed by atoms with Crippen molar-refractivity contribution in [1.29, 1.82) is 0 Å². The van der Waals surface area contributed by atoms with E-state index in [4.69, 9.17) is 0 Å². The SMILES string of the molecule is O=Cc1ccccc1OS(=O)(=O)C(F)(F)F. The van der Waals surface area contributed by atoms with E-state index in [1.807, 2.05) is 0 Å². The van der Waals surface area contributed by atoms with E-state index in [1.165, 1.54) is 12.1 Å². The lowest BCUT2D eigenvalue weighted by atomic mass is 10.2. The molecule has 0 aliphatic carbocycles. The van der Waals surface area contributed by atoms with Gasteiger partial charge in [-0.25, -0.2) is 0 Å². The highest BCUT2D eigenvalue weighted by atomic mass is 32.2. The van der Waals surface area contributed by atoms with E-state index in [0.717, 1.165) is 12.1 Å². The van der Waals surface area contributed by atoms with Gasteiger partial charge in [0.1, 0.15) is 0 Å². The number of aldehydes is 1. The Hall–Kier alpha value is -1.57. The van der Waals surface area contributed by atoms with E-state index in [9.17, 15) is 26.4 Å². The first-order valence-corrected chi connectivity index (χ1v) is 5.24. The second-order valence-electron chi connectivity index (χ2n) is 2.64. The Labute approximate surface area is 88.8 Å². The van der Waals surface area contributed by atoms with E-state index < -0.39 is 21.4 Å². The summed E-state index contributed by atoms with van der Waals surface area (Å²) in [6.07, 6.45) is 0.196. The topological polar surface area (TPSA) is 60.4 Å². The molecule has 0 atom stereocenters. The van der Waals surface area contributed by atoms with Gasteiger partial charge in [0.15, 0.2) is 12.0 Å². The number of hydrogen-bond acceptors (Lipinski definition) is 4. The fraction of sp³-hybridized carbons (Fsp3) is 0.125. The zero-order valence-electron chi connectivity index (χ0n) is 7.56. The van der Waals surface area contributed by atoms with Crippen LogP contribution in [0.1, 0.15) is 10.4 Å². The summed E-state index contributed by atoms with van der Waals surface area (Å²) < 4.78 is 60.9. The highest BCUT2D eigenvalue weighted by Gasteiger charge is 2.48. The van der Waals surface area contributed by atoms with Gasteiger partial charge in [0.05, 0.1) is 5.56 Å². The minimum atomic E-state index is -5.74. The molecule has 0 fully saturated rings. The maximum atomic E-state index is 12.0. The molecule has 0 aromatic heterocycles. The maximum Gasteiger partial charge on any atom is 0.534 e. The molecule has 8 heteroatoms. The van der Waals surface area contributed by atoms with Gasteiger partial charge in [0.25, 0.3) is 0 Å². The summed E-state index contributed by atoms with van der Waals surface area (Å²) in [4.78, 5) is 10.4. The van der Waals surface area contributed by atoms with Crippen molar-refractivity contribution < 1.29 is 30.6 Å². The van der Waals surface area contributed by atoms with Gasteiger partial charge >= 0.3 is 15.6 Å². The molecule has 4 nitrogen and oxygen atoms in total. The molecule has 0 amide bonds. The highest BCUT2D eigenvalue weighted by Crippen LogP contribution is 2.28. The van der Waals surface area contributed by atoms with Gasteiger partial charge in [-0.1, -0.05) is 12.1 Å². The molecule has 16 heavy (non-hydrogen) atoms. The number of para-hydroxylation sites is 1. The van der Waals surface area contributed by atoms with Crippen molar-refractivity contribution >= 4 is 16.4 Å². The van der Waals surface area contributed by atoms with E-state index in [1.54, 1.807) is 0 Å². The molecule has 0 saturated heterocycles. The quantitative estimate of drug-likeness (QED) is 0.468. The molecule has 0 unspecified atom stereocenters. The van der Waals surface area contributed by atoms with Crippen molar-refractivity contribution in [2.45, 2.75) is 5.51 Å². The summed E-state index contributed by atoms with van der Waals surface area (Å²) in [6.45, 7) is 0. The van der Waals surface area contributed by atoms with Crippen LogP contribution in [0.25, 0.3) is 0 Å². The number of halogens is 3. The van der Waals surface area contributed by atoms with Gasteiger partial charge in [-0.05, 0) is 12.1 Å². The first-order chi connectivity index (χ1) is 7.28. The van der Waals surface area contributed by atoms with E-state index in [-0.39, 0.29) is 11.8 Å². The summed E-state index contributed by atoms with van der Waals surface area (Å²) in [7, 11) is -5.74. The largest absolute Gasteiger partial charge is 0.534 e. The van der Waals surface area contributed by atoms with Crippen LogP contribution in [0.2, 0.25) is 0 Å². The number of carbonyl (C=O) groups excluding carboxylic acids is 1. The molecule has 0 bridgehead atoms. The van der Waals surface area contributed by atoms with Crippen LogP contribution in [-0.2, 0) is 10.1 Å². The molecule has 1 aromatic rings. The molecule has 1 aromatic carbocycles. The molecular formula is C8H5F3O4S. The molecule has 0 heterocycles. The third kappa shape index (κ3) is 2.51. The highest BCUT2D eigenvalue weighted by molar-refractivity contribution is 7.88. The van der Waals surface area contributed by atoms with Crippen LogP contribution >= 0.6 is 0 Å². The van der Waals surface area contributed by atoms with Crippen molar-refractivity contribution in [2.75, 3.05) is 0 Å². The summed E-state index contributed by atoms with van der Waals surface area (Å²) in [5, 5.41) is 0. The Morgan fingerprint density at radius 2 is 1.75 bits per heavy atom. The Morgan fingerprint density at radius 3 is 2.25 bits per heavy atom. The second-order valence-corrected chi connectivity index (χ2v) is 4.18. The zero-order chi connectivity index (χ0) is 12.4. The fourth-order valence-corrected chi connectivity index (χ4v) is 1.30. The minimum absolute atomic E-state index is 0.196. The number of hydrogen-bond donors (Lipinski definition) is 0. The molecule has 88 valence electrons. The average molecular weight is 254 g/mol. The monoisotopic (exact) mass is 254 g/mol. The van der Waals surface area contributed by atoms with Crippen molar-refractivity contribution in [3.8, 4) is 5.75 Å². The summed E-state index contributed by atoms with van der Waals surface area (Å²) in [5.41, 5.74) is -5.81. The molecular weight excluding hydrogens is 249 g/mol. The summed E-state index contributed by atoms with van der Waals surface area (Å²) in [5.74, 6) is -0.658. The number of rotatable bonds is 3. The van der Waals surface area contributed by atoms with Gasteiger partial charge in [-0.2, -0.15) is 21.6 Å². The van der Waals surface area contributed by atoms with Crippen LogP contribution in [-0.4, -0.2) is 20.2 Å². The molecule has 0 spiro atoms. The van der Waals surface area contributed by atoms with Crippen molar-refractivity contribution in [1.82, 2.24) is 0 Å². The lowest BCUT2D eigenvalue weighted by Gasteiger charge is -2.10. The van der Waals surface area contributed by atoms with Gasteiger partial charge in [-0.3, -0.25) is 4.79 Å². The molecule has 0 saturated carbocycles. The standard InChI is InChI=1S/C8H5F3O4S/c9-8(10,11)16(13,14)15-7-4-2-1-3-6(7)5-12/h1-5H. The summed E-state index contributed by atoms with van der Waals surface area (Å²) >= 11 is 0. The normalized spacial score (nSPS) is 12.2. The lowest BCUT2D eigenvalue weighted by Crippen LogP contribution is -2.28. The van der Waals surface area contributed by atoms with Gasteiger partial charge in [0.2, 0.25) is 0 Å². The number of benzene rings is 1. The van der Waals surface area contributed by atoms with Gasteiger partial charge in [-0.15, -0.1) is 0 Å². The lowest BCUT2D eigenvalue weighted by molar-refractivity contribution is -0.0500. The van der Waals surface area contributed by atoms with Crippen molar-refractivity contribution in [3.63, 3.8) is 0 Å². The first kappa shape index (κ1) is 12.5. The number of carbonyl (C=O) groups is 1. The van der Waals surface area contributed by atoms with Crippen LogP contribution in [0.5, 0.6) is 5.75 Å². The molecule has 1 rings (SSSR count). The Bertz CT molecular complexity index is 492. The van der Waals surface area contributed by atoms with Crippen molar-refractivity contribution in [2.24, 2.45) is 0 Å². The second kappa shape index (κ2) is 4.12. The fourth-order valence-electron chi connectivity index (χ4n) is 0.819. The molecule has 0 aliphatic heterocycles. The Morgan fingerprint density at radius 1 is 1.19 bits per heavy atom. The van der Waals surface area contributed by atoms with Crippen LogP contribution in [0.4, 0.5) is 13.2 Å². The third-order valence-electron chi connectivity index (χ3n) is 1.53. The predicted molar refractivity (Wildman–Crippen MR) is 47.4 cm³/mol. The average Bonchev–Trinajstić information content (AvgIpc) is 2.16. The smallest absolute Gasteiger partial charge is 0.375 e. The van der Waals surface area contributed by atoms with E-state index in [2.05, 4.69) is 4.18 Å². The maximum absolute atomic E-state index is 12.0. The van der Waals surface area contributed by atoms with Crippen LogP contribution in [0, 0.1) is 0 Å². The molecule has 0 radical (unpaired) electrons. The Balaban J connectivity index is 3.11. The van der Waals surface area contributed by atoms with E-state index >= 15 is 0 Å². The van der Waals surface area contributed by atoms with Gasteiger partial charge in [0, 0.05) is 0 Å². The van der Waals surface area contributed by atoms with E-state index in [0.29, 0.717) is 0 Å². The zero-order valence-corrected chi connectivity index (χ0v) is 8.38. The number of alkyl halides is 3. The molecule has 0 aliphatic rings. The van der Waals surface area contributed by atoms with Crippen LogP contribution < -0.4 is 4.18 Å². The van der Waals surface area contributed by atoms with Crippen LogP contribution in [0.3, 0.4) is 0 Å². The van der Waals surface area contributed by atoms with Crippen molar-refractivity contribution in [3.05, 3.63) is 29.8 Å². The molecule has 0 N–H and O–H groups in total. The van der Waals surface area contributed by atoms with Crippen LogP contribution in [0.15, 0.2) is 24.3 Å². The third-order valence-corrected chi connectivity index (χ3v) is 2.49.